The van der Waals surface area contributed by atoms with E-state index in [2.05, 4.69) is 15.3 Å². The van der Waals surface area contributed by atoms with Crippen molar-refractivity contribution in [1.29, 1.82) is 0 Å². The van der Waals surface area contributed by atoms with Crippen LogP contribution in [0, 0.1) is 6.92 Å². The highest BCUT2D eigenvalue weighted by molar-refractivity contribution is 5.94. The van der Waals surface area contributed by atoms with Gasteiger partial charge in [0.2, 0.25) is 5.56 Å². The molecule has 2 heterocycles. The topological polar surface area (TPSA) is 74.8 Å². The standard InChI is InChI=1S/C15H17N3O2/c1-10(6-12-4-3-5-16-9-12)18-15(20)13-7-11(2)17-14(19)8-13/h3-5,7-10H,6H2,1-2H3,(H,17,19)(H,18,20). The average molecular weight is 271 g/mol. The average Bonchev–Trinajstić information content (AvgIpc) is 2.38. The Kier molecular flexibility index (Phi) is 4.30. The first-order chi connectivity index (χ1) is 9.54. The van der Waals surface area contributed by atoms with Crippen molar-refractivity contribution in [2.24, 2.45) is 0 Å². The van der Waals surface area contributed by atoms with Gasteiger partial charge in [0.05, 0.1) is 0 Å². The Morgan fingerprint density at radius 2 is 2.25 bits per heavy atom. The van der Waals surface area contributed by atoms with Crippen molar-refractivity contribution >= 4 is 5.91 Å². The Hall–Kier alpha value is -2.43. The van der Waals surface area contributed by atoms with Crippen LogP contribution < -0.4 is 10.9 Å². The smallest absolute Gasteiger partial charge is 0.251 e. The highest BCUT2D eigenvalue weighted by Crippen LogP contribution is 2.03. The van der Waals surface area contributed by atoms with Crippen LogP contribution in [0.4, 0.5) is 0 Å². The fourth-order valence-corrected chi connectivity index (χ4v) is 2.04. The summed E-state index contributed by atoms with van der Waals surface area (Å²) in [5.74, 6) is -0.240. The van der Waals surface area contributed by atoms with Gasteiger partial charge in [0.25, 0.3) is 5.91 Å². The molecule has 20 heavy (non-hydrogen) atoms. The van der Waals surface area contributed by atoms with Crippen LogP contribution in [0.5, 0.6) is 0 Å². The number of rotatable bonds is 4. The van der Waals surface area contributed by atoms with E-state index in [4.69, 9.17) is 0 Å². The van der Waals surface area contributed by atoms with Crippen molar-refractivity contribution < 1.29 is 4.79 Å². The zero-order valence-electron chi connectivity index (χ0n) is 11.5. The second-order valence-corrected chi connectivity index (χ2v) is 4.86. The van der Waals surface area contributed by atoms with Gasteiger partial charge in [0.1, 0.15) is 0 Å². The van der Waals surface area contributed by atoms with Crippen molar-refractivity contribution in [2.75, 3.05) is 0 Å². The summed E-state index contributed by atoms with van der Waals surface area (Å²) >= 11 is 0. The van der Waals surface area contributed by atoms with Crippen molar-refractivity contribution in [3.63, 3.8) is 0 Å². The first-order valence-electron chi connectivity index (χ1n) is 6.45. The lowest BCUT2D eigenvalue weighted by Crippen LogP contribution is -2.34. The van der Waals surface area contributed by atoms with Gasteiger partial charge in [0, 0.05) is 35.8 Å². The number of amides is 1. The summed E-state index contributed by atoms with van der Waals surface area (Å²) in [5.41, 5.74) is 1.84. The largest absolute Gasteiger partial charge is 0.349 e. The Morgan fingerprint density at radius 3 is 2.90 bits per heavy atom. The number of aryl methyl sites for hydroxylation is 1. The zero-order chi connectivity index (χ0) is 14.5. The molecule has 2 rings (SSSR count). The van der Waals surface area contributed by atoms with Crippen LogP contribution in [0.3, 0.4) is 0 Å². The van der Waals surface area contributed by atoms with Crippen molar-refractivity contribution in [3.05, 3.63) is 63.8 Å². The third-order valence-electron chi connectivity index (χ3n) is 2.88. The van der Waals surface area contributed by atoms with E-state index in [-0.39, 0.29) is 17.5 Å². The second-order valence-electron chi connectivity index (χ2n) is 4.86. The van der Waals surface area contributed by atoms with Gasteiger partial charge < -0.3 is 10.3 Å². The Labute approximate surface area is 117 Å². The summed E-state index contributed by atoms with van der Waals surface area (Å²) in [6, 6.07) is 6.76. The fourth-order valence-electron chi connectivity index (χ4n) is 2.04. The van der Waals surface area contributed by atoms with Gasteiger partial charge in [-0.05, 0) is 38.0 Å². The first-order valence-corrected chi connectivity index (χ1v) is 6.45. The molecule has 2 N–H and O–H groups in total. The second kappa shape index (κ2) is 6.14. The van der Waals surface area contributed by atoms with E-state index in [1.807, 2.05) is 19.1 Å². The maximum absolute atomic E-state index is 12.1. The van der Waals surface area contributed by atoms with E-state index in [1.165, 1.54) is 6.07 Å². The van der Waals surface area contributed by atoms with Gasteiger partial charge in [-0.1, -0.05) is 6.07 Å². The van der Waals surface area contributed by atoms with Gasteiger partial charge in [-0.2, -0.15) is 0 Å². The van der Waals surface area contributed by atoms with Gasteiger partial charge in [0.15, 0.2) is 0 Å². The molecule has 2 aromatic heterocycles. The number of carbonyl (C=O) groups excluding carboxylic acids is 1. The van der Waals surface area contributed by atoms with E-state index in [1.54, 1.807) is 25.4 Å². The summed E-state index contributed by atoms with van der Waals surface area (Å²) in [4.78, 5) is 30.1. The van der Waals surface area contributed by atoms with E-state index >= 15 is 0 Å². The summed E-state index contributed by atoms with van der Waals surface area (Å²) in [6.07, 6.45) is 4.19. The number of nitrogens with zero attached hydrogens (tertiary/aromatic N) is 1. The minimum Gasteiger partial charge on any atom is -0.349 e. The van der Waals surface area contributed by atoms with E-state index in [0.717, 1.165) is 5.56 Å². The van der Waals surface area contributed by atoms with Crippen LogP contribution in [0.1, 0.15) is 28.5 Å². The van der Waals surface area contributed by atoms with E-state index < -0.39 is 0 Å². The lowest BCUT2D eigenvalue weighted by atomic mass is 10.1. The molecule has 5 nitrogen and oxygen atoms in total. The van der Waals surface area contributed by atoms with E-state index in [9.17, 15) is 9.59 Å². The SMILES string of the molecule is Cc1cc(C(=O)NC(C)Cc2cccnc2)cc(=O)[nH]1. The fraction of sp³-hybridized carbons (Fsp3) is 0.267. The Bertz CT molecular complexity index is 650. The maximum atomic E-state index is 12.1. The lowest BCUT2D eigenvalue weighted by molar-refractivity contribution is 0.0939. The van der Waals surface area contributed by atoms with Crippen LogP contribution in [0.15, 0.2) is 41.5 Å². The number of hydrogen-bond acceptors (Lipinski definition) is 3. The number of aromatic amines is 1. The monoisotopic (exact) mass is 271 g/mol. The number of hydrogen-bond donors (Lipinski definition) is 2. The molecule has 0 aliphatic heterocycles. The predicted molar refractivity (Wildman–Crippen MR) is 76.7 cm³/mol. The molecule has 2 aromatic rings. The molecule has 0 fully saturated rings. The number of H-pyrrole nitrogens is 1. The molecule has 1 atom stereocenters. The third-order valence-corrected chi connectivity index (χ3v) is 2.88. The molecular formula is C15H17N3O2. The molecule has 5 heteroatoms. The molecule has 104 valence electrons. The van der Waals surface area contributed by atoms with Gasteiger partial charge in [-0.25, -0.2) is 0 Å². The number of carbonyl (C=O) groups is 1. The molecule has 0 aromatic carbocycles. The van der Waals surface area contributed by atoms with Crippen molar-refractivity contribution in [3.8, 4) is 0 Å². The molecule has 1 amide bonds. The molecule has 0 radical (unpaired) electrons. The van der Waals surface area contributed by atoms with Crippen molar-refractivity contribution in [1.82, 2.24) is 15.3 Å². The number of nitrogens with one attached hydrogen (secondary N) is 2. The highest BCUT2D eigenvalue weighted by atomic mass is 16.2. The third kappa shape index (κ3) is 3.78. The molecule has 1 unspecified atom stereocenters. The van der Waals surface area contributed by atoms with Gasteiger partial charge >= 0.3 is 0 Å². The number of aromatic nitrogens is 2. The lowest BCUT2D eigenvalue weighted by Gasteiger charge is -2.13. The summed E-state index contributed by atoms with van der Waals surface area (Å²) < 4.78 is 0. The van der Waals surface area contributed by atoms with Crippen LogP contribution in [0.25, 0.3) is 0 Å². The summed E-state index contributed by atoms with van der Waals surface area (Å²) in [5, 5.41) is 2.88. The molecule has 0 bridgehead atoms. The minimum absolute atomic E-state index is 0.0358. The van der Waals surface area contributed by atoms with Crippen molar-refractivity contribution in [2.45, 2.75) is 26.3 Å². The van der Waals surface area contributed by atoms with Gasteiger partial charge in [-0.3, -0.25) is 14.6 Å². The molecule has 0 saturated carbocycles. The van der Waals surface area contributed by atoms with Crippen LogP contribution in [-0.4, -0.2) is 21.9 Å². The Balaban J connectivity index is 2.02. The maximum Gasteiger partial charge on any atom is 0.251 e. The minimum atomic E-state index is -0.268. The summed E-state index contributed by atoms with van der Waals surface area (Å²) in [7, 11) is 0. The predicted octanol–water partition coefficient (Wildman–Crippen LogP) is 1.44. The van der Waals surface area contributed by atoms with Crippen LogP contribution in [-0.2, 0) is 6.42 Å². The molecular weight excluding hydrogens is 254 g/mol. The van der Waals surface area contributed by atoms with Crippen LogP contribution in [0.2, 0.25) is 0 Å². The highest BCUT2D eigenvalue weighted by Gasteiger charge is 2.11. The molecule has 0 saturated heterocycles. The molecule has 0 aliphatic carbocycles. The van der Waals surface area contributed by atoms with Crippen LogP contribution >= 0.6 is 0 Å². The quantitative estimate of drug-likeness (QED) is 0.883. The van der Waals surface area contributed by atoms with E-state index in [0.29, 0.717) is 17.7 Å². The Morgan fingerprint density at radius 1 is 1.45 bits per heavy atom. The number of pyridine rings is 2. The summed E-state index contributed by atoms with van der Waals surface area (Å²) in [6.45, 7) is 3.67. The zero-order valence-corrected chi connectivity index (χ0v) is 11.5. The first kappa shape index (κ1) is 14.0. The van der Waals surface area contributed by atoms with Gasteiger partial charge in [-0.15, -0.1) is 0 Å². The normalized spacial score (nSPS) is 11.9. The molecule has 0 spiro atoms. The molecule has 0 aliphatic rings.